The summed E-state index contributed by atoms with van der Waals surface area (Å²) in [6.07, 6.45) is 7.93. The smallest absolute Gasteiger partial charge is 0.223 e. The summed E-state index contributed by atoms with van der Waals surface area (Å²) in [6, 6.07) is 6.20. The van der Waals surface area contributed by atoms with Crippen molar-refractivity contribution < 1.29 is 9.47 Å². The number of nitrogens with one attached hydrogen (secondary N) is 1. The molecule has 1 fully saturated rings. The van der Waals surface area contributed by atoms with Gasteiger partial charge in [-0.2, -0.15) is 5.10 Å². The lowest BCUT2D eigenvalue weighted by Gasteiger charge is -2.23. The van der Waals surface area contributed by atoms with E-state index < -0.39 is 0 Å². The Morgan fingerprint density at radius 3 is 2.88 bits per heavy atom. The van der Waals surface area contributed by atoms with Crippen molar-refractivity contribution in [3.63, 3.8) is 0 Å². The first-order chi connectivity index (χ1) is 16.2. The van der Waals surface area contributed by atoms with E-state index in [0.717, 1.165) is 55.2 Å². The summed E-state index contributed by atoms with van der Waals surface area (Å²) in [4.78, 5) is 9.14. The van der Waals surface area contributed by atoms with Gasteiger partial charge in [0.2, 0.25) is 11.8 Å². The van der Waals surface area contributed by atoms with Crippen LogP contribution in [0.5, 0.6) is 5.88 Å². The molecule has 33 heavy (non-hydrogen) atoms. The van der Waals surface area contributed by atoms with E-state index in [2.05, 4.69) is 25.6 Å². The molecule has 4 aromatic rings. The van der Waals surface area contributed by atoms with E-state index in [0.29, 0.717) is 36.0 Å². The third kappa shape index (κ3) is 4.11. The fourth-order valence-electron chi connectivity index (χ4n) is 4.41. The highest BCUT2D eigenvalue weighted by atomic mass is 35.5. The molecular formula is C22H23ClN8O2. The second-order valence-corrected chi connectivity index (χ2v) is 8.78. The zero-order chi connectivity index (χ0) is 22.2. The molecule has 1 atom stereocenters. The Hall–Kier alpha value is -3.24. The van der Waals surface area contributed by atoms with Crippen LogP contribution in [0.1, 0.15) is 31.0 Å². The molecule has 10 nitrogen and oxygen atoms in total. The lowest BCUT2D eigenvalue weighted by Crippen LogP contribution is -2.28. The van der Waals surface area contributed by atoms with Crippen LogP contribution in [0.25, 0.3) is 16.9 Å². The summed E-state index contributed by atoms with van der Waals surface area (Å²) in [5.74, 6) is 2.30. The van der Waals surface area contributed by atoms with Gasteiger partial charge in [0.15, 0.2) is 5.65 Å². The first-order valence-corrected chi connectivity index (χ1v) is 11.5. The van der Waals surface area contributed by atoms with Crippen molar-refractivity contribution in [2.75, 3.05) is 25.1 Å². The van der Waals surface area contributed by atoms with Gasteiger partial charge in [-0.1, -0.05) is 11.6 Å². The molecule has 0 aliphatic carbocycles. The van der Waals surface area contributed by atoms with Gasteiger partial charge in [0, 0.05) is 49.2 Å². The molecule has 2 aliphatic rings. The normalized spacial score (nSPS) is 18.8. The minimum atomic E-state index is 0.109. The molecule has 2 aliphatic heterocycles. The molecule has 1 N–H and O–H groups in total. The van der Waals surface area contributed by atoms with E-state index in [1.54, 1.807) is 12.4 Å². The van der Waals surface area contributed by atoms with Gasteiger partial charge < -0.3 is 14.8 Å². The highest BCUT2D eigenvalue weighted by molar-refractivity contribution is 6.30. The van der Waals surface area contributed by atoms with Crippen molar-refractivity contribution in [2.45, 2.75) is 37.8 Å². The summed E-state index contributed by atoms with van der Waals surface area (Å²) in [5, 5.41) is 17.3. The van der Waals surface area contributed by atoms with Crippen molar-refractivity contribution in [1.29, 1.82) is 0 Å². The van der Waals surface area contributed by atoms with Gasteiger partial charge in [-0.3, -0.25) is 4.68 Å². The van der Waals surface area contributed by atoms with E-state index in [1.807, 2.05) is 33.5 Å². The van der Waals surface area contributed by atoms with Crippen LogP contribution in [0, 0.1) is 0 Å². The van der Waals surface area contributed by atoms with Crippen molar-refractivity contribution in [2.24, 2.45) is 0 Å². The Bertz CT molecular complexity index is 1280. The predicted octanol–water partition coefficient (Wildman–Crippen LogP) is 3.19. The van der Waals surface area contributed by atoms with Gasteiger partial charge in [0.05, 0.1) is 30.1 Å². The number of rotatable bonds is 5. The molecule has 0 unspecified atom stereocenters. The molecule has 0 amide bonds. The molecule has 0 aromatic carbocycles. The fourth-order valence-corrected chi connectivity index (χ4v) is 4.57. The minimum absolute atomic E-state index is 0.109. The summed E-state index contributed by atoms with van der Waals surface area (Å²) < 4.78 is 15.4. The number of nitrogens with zero attached hydrogens (tertiary/aromatic N) is 7. The lowest BCUT2D eigenvalue weighted by atomic mass is 10.1. The lowest BCUT2D eigenvalue weighted by molar-refractivity contribution is 0.0903. The van der Waals surface area contributed by atoms with Crippen LogP contribution in [0.3, 0.4) is 0 Å². The second-order valence-electron chi connectivity index (χ2n) is 8.35. The quantitative estimate of drug-likeness (QED) is 0.478. The van der Waals surface area contributed by atoms with Crippen molar-refractivity contribution in [3.8, 4) is 17.1 Å². The number of hydrogen-bond acceptors (Lipinski definition) is 8. The Labute approximate surface area is 194 Å². The number of halogens is 1. The first kappa shape index (κ1) is 20.4. The van der Waals surface area contributed by atoms with Gasteiger partial charge >= 0.3 is 0 Å². The zero-order valence-electron chi connectivity index (χ0n) is 17.9. The molecule has 0 bridgehead atoms. The van der Waals surface area contributed by atoms with Gasteiger partial charge in [-0.25, -0.2) is 14.4 Å². The molecule has 0 spiro atoms. The predicted molar refractivity (Wildman–Crippen MR) is 122 cm³/mol. The summed E-state index contributed by atoms with van der Waals surface area (Å²) >= 11 is 6.03. The van der Waals surface area contributed by atoms with Gasteiger partial charge in [-0.05, 0) is 31.4 Å². The fraction of sp³-hybridized carbons (Fsp3) is 0.409. The molecule has 0 saturated carbocycles. The number of ether oxygens (including phenoxy) is 2. The monoisotopic (exact) mass is 466 g/mol. The SMILES string of the molecule is Clc1cnn(C[C@H]2CCOc3cc(-c4ccnc(NC5CCOCC5)n4)cc4nnc2n34)c1. The van der Waals surface area contributed by atoms with Crippen molar-refractivity contribution in [3.05, 3.63) is 47.6 Å². The Balaban J connectivity index is 1.31. The molecular weight excluding hydrogens is 444 g/mol. The van der Waals surface area contributed by atoms with E-state index in [-0.39, 0.29) is 5.92 Å². The van der Waals surface area contributed by atoms with Gasteiger partial charge in [-0.15, -0.1) is 10.2 Å². The first-order valence-electron chi connectivity index (χ1n) is 11.1. The average molecular weight is 467 g/mol. The molecule has 6 heterocycles. The molecule has 6 rings (SSSR count). The maximum Gasteiger partial charge on any atom is 0.223 e. The van der Waals surface area contributed by atoms with Crippen LogP contribution < -0.4 is 10.1 Å². The second kappa shape index (κ2) is 8.60. The number of pyridine rings is 1. The van der Waals surface area contributed by atoms with E-state index in [9.17, 15) is 0 Å². The van der Waals surface area contributed by atoms with E-state index in [1.165, 1.54) is 0 Å². The van der Waals surface area contributed by atoms with Crippen molar-refractivity contribution in [1.82, 2.24) is 34.3 Å². The minimum Gasteiger partial charge on any atom is -0.478 e. The maximum absolute atomic E-state index is 6.12. The molecule has 11 heteroatoms. The number of aromatic nitrogens is 7. The Kier molecular flexibility index (Phi) is 5.31. The van der Waals surface area contributed by atoms with Crippen molar-refractivity contribution >= 4 is 23.2 Å². The molecule has 170 valence electrons. The van der Waals surface area contributed by atoms with Crippen LogP contribution in [-0.2, 0) is 11.3 Å². The highest BCUT2D eigenvalue weighted by Gasteiger charge is 2.25. The van der Waals surface area contributed by atoms with Gasteiger partial charge in [0.1, 0.15) is 5.82 Å². The Morgan fingerprint density at radius 2 is 2.03 bits per heavy atom. The summed E-state index contributed by atoms with van der Waals surface area (Å²) in [6.45, 7) is 2.75. The highest BCUT2D eigenvalue weighted by Crippen LogP contribution is 2.32. The Morgan fingerprint density at radius 1 is 1.12 bits per heavy atom. The maximum atomic E-state index is 6.12. The average Bonchev–Trinajstić information content (AvgIpc) is 3.40. The van der Waals surface area contributed by atoms with Crippen LogP contribution in [-0.4, -0.2) is 60.2 Å². The molecule has 0 radical (unpaired) electrons. The third-order valence-electron chi connectivity index (χ3n) is 6.09. The van der Waals surface area contributed by atoms with E-state index in [4.69, 9.17) is 26.1 Å². The number of hydrogen-bond donors (Lipinski definition) is 1. The zero-order valence-corrected chi connectivity index (χ0v) is 18.6. The third-order valence-corrected chi connectivity index (χ3v) is 6.29. The summed E-state index contributed by atoms with van der Waals surface area (Å²) in [7, 11) is 0. The van der Waals surface area contributed by atoms with Crippen LogP contribution in [0.4, 0.5) is 5.95 Å². The standard InChI is InChI=1S/C22H23ClN8O2/c23-16-11-25-30(13-16)12-14-2-8-33-20-10-15(9-19-28-29-21(14)31(19)20)18-1-5-24-22(27-18)26-17-3-6-32-7-4-17/h1,5,9-11,13-14,17H,2-4,6-8,12H2,(H,24,26,27)/t14-/m1/s1. The largest absolute Gasteiger partial charge is 0.478 e. The van der Waals surface area contributed by atoms with Gasteiger partial charge in [0.25, 0.3) is 0 Å². The number of anilines is 1. The van der Waals surface area contributed by atoms with Crippen LogP contribution >= 0.6 is 11.6 Å². The summed E-state index contributed by atoms with van der Waals surface area (Å²) in [5.41, 5.74) is 2.44. The van der Waals surface area contributed by atoms with Crippen LogP contribution in [0.2, 0.25) is 5.02 Å². The molecule has 1 saturated heterocycles. The van der Waals surface area contributed by atoms with E-state index >= 15 is 0 Å². The van der Waals surface area contributed by atoms with Crippen LogP contribution in [0.15, 0.2) is 36.8 Å². The topological polar surface area (TPSA) is 104 Å². The molecule has 4 aromatic heterocycles.